The van der Waals surface area contributed by atoms with E-state index in [0.29, 0.717) is 12.8 Å². The van der Waals surface area contributed by atoms with E-state index in [-0.39, 0.29) is 20.1 Å². The highest BCUT2D eigenvalue weighted by molar-refractivity contribution is 9.11. The number of halogens is 1. The van der Waals surface area contributed by atoms with Gasteiger partial charge in [0.2, 0.25) is 10.0 Å². The molecule has 1 aromatic rings. The summed E-state index contributed by atoms with van der Waals surface area (Å²) in [6.07, 6.45) is 7.07. The Morgan fingerprint density at radius 2 is 2.21 bits per heavy atom. The van der Waals surface area contributed by atoms with Crippen molar-refractivity contribution in [2.24, 2.45) is 0 Å². The molecular weight excluding hydrogens is 354 g/mol. The fourth-order valence-corrected chi connectivity index (χ4v) is 4.75. The molecule has 0 atom stereocenters. The molecule has 0 aromatic carbocycles. The van der Waals surface area contributed by atoms with E-state index in [4.69, 9.17) is 11.5 Å². The molecule has 0 amide bonds. The van der Waals surface area contributed by atoms with Gasteiger partial charge in [0.05, 0.1) is 3.79 Å². The van der Waals surface area contributed by atoms with Gasteiger partial charge in [0, 0.05) is 13.0 Å². The van der Waals surface area contributed by atoms with Gasteiger partial charge in [0.25, 0.3) is 0 Å². The lowest BCUT2D eigenvalue weighted by Gasteiger charge is -2.04. The number of carbonyl (C=O) groups is 1. The van der Waals surface area contributed by atoms with Crippen molar-refractivity contribution >= 4 is 43.3 Å². The van der Waals surface area contributed by atoms with Gasteiger partial charge in [-0.25, -0.2) is 17.9 Å². The summed E-state index contributed by atoms with van der Waals surface area (Å²) in [6.45, 7) is 0.273. The number of carboxylic acids is 1. The Hall–Kier alpha value is -0.880. The Labute approximate surface area is 124 Å². The van der Waals surface area contributed by atoms with Crippen molar-refractivity contribution in [3.05, 3.63) is 14.7 Å². The lowest BCUT2D eigenvalue weighted by molar-refractivity contribution is 0.0702. The zero-order valence-electron chi connectivity index (χ0n) is 9.85. The van der Waals surface area contributed by atoms with Gasteiger partial charge in [-0.15, -0.1) is 23.7 Å². The van der Waals surface area contributed by atoms with E-state index in [9.17, 15) is 13.2 Å². The minimum atomic E-state index is -3.69. The fourth-order valence-electron chi connectivity index (χ4n) is 1.28. The second-order valence-corrected chi connectivity index (χ2v) is 7.72. The standard InChI is InChI=1S/C11H12BrNO4S2/c1-2-3-4-5-6-13-19(16,17)9-7-8(11(14)15)18-10(9)12/h1,7,13H,3-6H2,(H,14,15). The first-order valence-corrected chi connectivity index (χ1v) is 8.43. The molecule has 5 nitrogen and oxygen atoms in total. The third-order valence-corrected chi connectivity index (χ3v) is 5.90. The van der Waals surface area contributed by atoms with Gasteiger partial charge < -0.3 is 5.11 Å². The van der Waals surface area contributed by atoms with E-state index < -0.39 is 16.0 Å². The van der Waals surface area contributed by atoms with Crippen LogP contribution in [-0.2, 0) is 10.0 Å². The van der Waals surface area contributed by atoms with Crippen molar-refractivity contribution in [3.8, 4) is 12.3 Å². The van der Waals surface area contributed by atoms with Crippen LogP contribution in [0.4, 0.5) is 0 Å². The second-order valence-electron chi connectivity index (χ2n) is 3.61. The van der Waals surface area contributed by atoms with Crippen molar-refractivity contribution in [1.29, 1.82) is 0 Å². The highest BCUT2D eigenvalue weighted by atomic mass is 79.9. The van der Waals surface area contributed by atoms with E-state index >= 15 is 0 Å². The van der Waals surface area contributed by atoms with Gasteiger partial charge in [-0.3, -0.25) is 0 Å². The number of rotatable bonds is 7. The number of unbranched alkanes of at least 4 members (excludes halogenated alkanes) is 2. The van der Waals surface area contributed by atoms with Crippen LogP contribution in [0.5, 0.6) is 0 Å². The molecule has 0 aliphatic heterocycles. The molecule has 0 spiro atoms. The number of carboxylic acid groups (broad SMARTS) is 1. The number of sulfonamides is 1. The molecule has 104 valence electrons. The third-order valence-electron chi connectivity index (χ3n) is 2.20. The molecule has 0 radical (unpaired) electrons. The first kappa shape index (κ1) is 16.2. The van der Waals surface area contributed by atoms with E-state index in [1.54, 1.807) is 0 Å². The molecule has 19 heavy (non-hydrogen) atoms. The topological polar surface area (TPSA) is 83.5 Å². The van der Waals surface area contributed by atoms with Crippen LogP contribution in [0.2, 0.25) is 0 Å². The van der Waals surface area contributed by atoms with Crippen LogP contribution in [0.1, 0.15) is 28.9 Å². The lowest BCUT2D eigenvalue weighted by atomic mass is 10.2. The average Bonchev–Trinajstić information content (AvgIpc) is 2.72. The average molecular weight is 366 g/mol. The second kappa shape index (κ2) is 7.05. The van der Waals surface area contributed by atoms with E-state index in [2.05, 4.69) is 26.6 Å². The number of nitrogens with one attached hydrogen (secondary N) is 1. The molecule has 1 heterocycles. The van der Waals surface area contributed by atoms with Gasteiger partial charge in [-0.2, -0.15) is 0 Å². The summed E-state index contributed by atoms with van der Waals surface area (Å²) in [4.78, 5) is 10.7. The first-order valence-electron chi connectivity index (χ1n) is 5.34. The van der Waals surface area contributed by atoms with Gasteiger partial charge in [-0.1, -0.05) is 0 Å². The Morgan fingerprint density at radius 1 is 1.53 bits per heavy atom. The summed E-state index contributed by atoms with van der Waals surface area (Å²) in [5, 5.41) is 8.82. The highest BCUT2D eigenvalue weighted by Crippen LogP contribution is 2.31. The molecule has 1 aromatic heterocycles. The van der Waals surface area contributed by atoms with Crippen LogP contribution in [0, 0.1) is 12.3 Å². The predicted molar refractivity (Wildman–Crippen MR) is 76.9 cm³/mol. The van der Waals surface area contributed by atoms with Crippen LogP contribution in [0.3, 0.4) is 0 Å². The molecule has 0 saturated heterocycles. The number of hydrogen-bond donors (Lipinski definition) is 2. The molecule has 0 saturated carbocycles. The summed E-state index contributed by atoms with van der Waals surface area (Å²) in [5.74, 6) is 1.32. The predicted octanol–water partition coefficient (Wildman–Crippen LogP) is 2.29. The van der Waals surface area contributed by atoms with Gasteiger partial charge in [-0.05, 0) is 34.8 Å². The molecule has 0 aliphatic rings. The van der Waals surface area contributed by atoms with Gasteiger partial charge in [0.1, 0.15) is 9.77 Å². The Bertz CT molecular complexity index is 601. The quantitative estimate of drug-likeness (QED) is 0.573. The summed E-state index contributed by atoms with van der Waals surface area (Å²) in [6, 6.07) is 1.14. The van der Waals surface area contributed by atoms with Crippen molar-refractivity contribution in [3.63, 3.8) is 0 Å². The van der Waals surface area contributed by atoms with Crippen molar-refractivity contribution in [2.75, 3.05) is 6.54 Å². The first-order chi connectivity index (χ1) is 8.88. The SMILES string of the molecule is C#CCCCCNS(=O)(=O)c1cc(C(=O)O)sc1Br. The van der Waals surface area contributed by atoms with Crippen LogP contribution >= 0.6 is 27.3 Å². The number of terminal acetylenes is 1. The van der Waals surface area contributed by atoms with E-state index in [1.165, 1.54) is 0 Å². The summed E-state index contributed by atoms with van der Waals surface area (Å²) >= 11 is 3.93. The van der Waals surface area contributed by atoms with Crippen molar-refractivity contribution < 1.29 is 18.3 Å². The van der Waals surface area contributed by atoms with Gasteiger partial charge >= 0.3 is 5.97 Å². The van der Waals surface area contributed by atoms with Crippen LogP contribution in [0.15, 0.2) is 14.7 Å². The molecule has 0 aliphatic carbocycles. The third kappa shape index (κ3) is 4.62. The maximum atomic E-state index is 12.0. The van der Waals surface area contributed by atoms with E-state index in [0.717, 1.165) is 23.8 Å². The smallest absolute Gasteiger partial charge is 0.345 e. The minimum Gasteiger partial charge on any atom is -0.477 e. The highest BCUT2D eigenvalue weighted by Gasteiger charge is 2.22. The van der Waals surface area contributed by atoms with Crippen LogP contribution < -0.4 is 4.72 Å². The zero-order valence-corrected chi connectivity index (χ0v) is 13.1. The molecule has 1 rings (SSSR count). The van der Waals surface area contributed by atoms with Gasteiger partial charge in [0.15, 0.2) is 0 Å². The molecule has 0 unspecified atom stereocenters. The monoisotopic (exact) mass is 365 g/mol. The zero-order chi connectivity index (χ0) is 14.5. The minimum absolute atomic E-state index is 0.0282. The number of thiophene rings is 1. The summed E-state index contributed by atoms with van der Waals surface area (Å²) in [5.41, 5.74) is 0. The molecule has 0 fully saturated rings. The van der Waals surface area contributed by atoms with Crippen LogP contribution in [-0.4, -0.2) is 26.0 Å². The number of hydrogen-bond acceptors (Lipinski definition) is 4. The van der Waals surface area contributed by atoms with Crippen molar-refractivity contribution in [1.82, 2.24) is 4.72 Å². The van der Waals surface area contributed by atoms with Crippen molar-refractivity contribution in [2.45, 2.75) is 24.2 Å². The Morgan fingerprint density at radius 3 is 2.74 bits per heavy atom. The fraction of sp³-hybridized carbons (Fsp3) is 0.364. The van der Waals surface area contributed by atoms with Crippen LogP contribution in [0.25, 0.3) is 0 Å². The molecule has 8 heteroatoms. The maximum Gasteiger partial charge on any atom is 0.345 e. The Kier molecular flexibility index (Phi) is 6.00. The van der Waals surface area contributed by atoms with E-state index in [1.807, 2.05) is 0 Å². The largest absolute Gasteiger partial charge is 0.477 e. The molecule has 2 N–H and O–H groups in total. The number of aromatic carboxylic acids is 1. The lowest BCUT2D eigenvalue weighted by Crippen LogP contribution is -2.24. The normalized spacial score (nSPS) is 11.2. The summed E-state index contributed by atoms with van der Waals surface area (Å²) in [7, 11) is -3.69. The molecular formula is C11H12BrNO4S2. The molecule has 0 bridgehead atoms. The Balaban J connectivity index is 2.72. The maximum absolute atomic E-state index is 12.0. The summed E-state index contributed by atoms with van der Waals surface area (Å²) < 4.78 is 26.6.